The number of likely N-dealkylation sites (N-methyl/N-ethyl adjacent to an activating group) is 1. The van der Waals surface area contributed by atoms with Gasteiger partial charge in [0.25, 0.3) is 0 Å². The van der Waals surface area contributed by atoms with Gasteiger partial charge in [-0.3, -0.25) is 4.90 Å². The number of hydrogen-bond acceptors (Lipinski definition) is 3. The lowest BCUT2D eigenvalue weighted by Crippen LogP contribution is -2.51. The predicted octanol–water partition coefficient (Wildman–Crippen LogP) is 2.98. The molecule has 112 valence electrons. The Balaban J connectivity index is 2.08. The summed E-state index contributed by atoms with van der Waals surface area (Å²) in [6.07, 6.45) is 1.18. The van der Waals surface area contributed by atoms with Crippen molar-refractivity contribution >= 4 is 17.3 Å². The molecule has 1 aromatic rings. The second-order valence-electron chi connectivity index (χ2n) is 5.55. The van der Waals surface area contributed by atoms with Crippen molar-refractivity contribution in [3.05, 3.63) is 28.8 Å². The van der Waals surface area contributed by atoms with Crippen LogP contribution in [0.25, 0.3) is 0 Å². The third-order valence-electron chi connectivity index (χ3n) is 4.18. The van der Waals surface area contributed by atoms with Gasteiger partial charge in [-0.15, -0.1) is 0 Å². The minimum atomic E-state index is 0.626. The van der Waals surface area contributed by atoms with E-state index in [0.717, 1.165) is 37.7 Å². The first-order valence-corrected chi connectivity index (χ1v) is 7.97. The summed E-state index contributed by atoms with van der Waals surface area (Å²) in [7, 11) is 2.21. The second kappa shape index (κ2) is 7.30. The molecule has 1 unspecified atom stereocenters. The Morgan fingerprint density at radius 2 is 2.10 bits per heavy atom. The quantitative estimate of drug-likeness (QED) is 0.901. The molecule has 0 radical (unpaired) electrons. The van der Waals surface area contributed by atoms with Crippen LogP contribution in [0.4, 0.5) is 5.69 Å². The highest BCUT2D eigenvalue weighted by molar-refractivity contribution is 6.33. The van der Waals surface area contributed by atoms with E-state index in [9.17, 15) is 0 Å². The molecule has 4 heteroatoms. The highest BCUT2D eigenvalue weighted by atomic mass is 35.5. The first-order chi connectivity index (χ1) is 9.65. The van der Waals surface area contributed by atoms with Crippen LogP contribution in [0.1, 0.15) is 25.8 Å². The number of piperazine rings is 1. The van der Waals surface area contributed by atoms with Crippen LogP contribution in [0.5, 0.6) is 0 Å². The van der Waals surface area contributed by atoms with Gasteiger partial charge in [-0.25, -0.2) is 0 Å². The molecule has 1 fully saturated rings. The zero-order valence-electron chi connectivity index (χ0n) is 12.8. The van der Waals surface area contributed by atoms with Crippen LogP contribution < -0.4 is 10.2 Å². The first-order valence-electron chi connectivity index (χ1n) is 7.60. The molecule has 3 nitrogen and oxygen atoms in total. The van der Waals surface area contributed by atoms with Gasteiger partial charge in [0.1, 0.15) is 0 Å². The zero-order valence-corrected chi connectivity index (χ0v) is 13.6. The molecule has 1 atom stereocenters. The second-order valence-corrected chi connectivity index (χ2v) is 5.96. The summed E-state index contributed by atoms with van der Waals surface area (Å²) in [5, 5.41) is 4.21. The lowest BCUT2D eigenvalue weighted by Gasteiger charge is -2.40. The van der Waals surface area contributed by atoms with E-state index < -0.39 is 0 Å². The van der Waals surface area contributed by atoms with Gasteiger partial charge >= 0.3 is 0 Å². The van der Waals surface area contributed by atoms with E-state index in [1.54, 1.807) is 0 Å². The van der Waals surface area contributed by atoms with Crippen molar-refractivity contribution in [2.75, 3.05) is 38.1 Å². The predicted molar refractivity (Wildman–Crippen MR) is 87.8 cm³/mol. The van der Waals surface area contributed by atoms with Crippen LogP contribution in [0, 0.1) is 0 Å². The lowest BCUT2D eigenvalue weighted by molar-refractivity contribution is 0.213. The molecular weight excluding hydrogens is 270 g/mol. The molecule has 1 aliphatic rings. The highest BCUT2D eigenvalue weighted by Gasteiger charge is 2.24. The molecule has 1 saturated heterocycles. The topological polar surface area (TPSA) is 18.5 Å². The Hall–Kier alpha value is -0.770. The first kappa shape index (κ1) is 15.6. The van der Waals surface area contributed by atoms with E-state index in [2.05, 4.69) is 54.2 Å². The van der Waals surface area contributed by atoms with Crippen molar-refractivity contribution in [2.24, 2.45) is 0 Å². The van der Waals surface area contributed by atoms with Gasteiger partial charge in [-0.05, 0) is 37.7 Å². The van der Waals surface area contributed by atoms with Crippen molar-refractivity contribution in [1.82, 2.24) is 10.2 Å². The maximum Gasteiger partial charge on any atom is 0.0642 e. The summed E-state index contributed by atoms with van der Waals surface area (Å²) in [6, 6.07) is 7.08. The van der Waals surface area contributed by atoms with Crippen molar-refractivity contribution < 1.29 is 0 Å². The van der Waals surface area contributed by atoms with Gasteiger partial charge in [-0.1, -0.05) is 31.5 Å². The van der Waals surface area contributed by atoms with Crippen LogP contribution >= 0.6 is 11.6 Å². The molecule has 2 rings (SSSR count). The Morgan fingerprint density at radius 1 is 1.30 bits per heavy atom. The van der Waals surface area contributed by atoms with Gasteiger partial charge in [0.15, 0.2) is 0 Å². The fourth-order valence-electron chi connectivity index (χ4n) is 2.79. The van der Waals surface area contributed by atoms with Gasteiger partial charge in [0.05, 0.1) is 10.7 Å². The fraction of sp³-hybridized carbons (Fsp3) is 0.625. The minimum Gasteiger partial charge on any atom is -0.367 e. The molecule has 0 saturated carbocycles. The molecule has 20 heavy (non-hydrogen) atoms. The van der Waals surface area contributed by atoms with Gasteiger partial charge in [0, 0.05) is 32.2 Å². The van der Waals surface area contributed by atoms with Crippen LogP contribution in [-0.4, -0.2) is 44.2 Å². The number of benzene rings is 1. The van der Waals surface area contributed by atoms with Gasteiger partial charge in [-0.2, -0.15) is 0 Å². The normalized spacial score (nSPS) is 20.4. The largest absolute Gasteiger partial charge is 0.367 e. The van der Waals surface area contributed by atoms with Crippen molar-refractivity contribution in [3.8, 4) is 0 Å². The average molecular weight is 296 g/mol. The average Bonchev–Trinajstić information content (AvgIpc) is 2.46. The third kappa shape index (κ3) is 3.66. The zero-order chi connectivity index (χ0) is 14.5. The molecule has 0 amide bonds. The van der Waals surface area contributed by atoms with E-state index in [4.69, 9.17) is 11.6 Å². The maximum absolute atomic E-state index is 6.49. The summed E-state index contributed by atoms with van der Waals surface area (Å²) in [6.45, 7) is 9.47. The Morgan fingerprint density at radius 3 is 2.75 bits per heavy atom. The smallest absolute Gasteiger partial charge is 0.0642 e. The number of rotatable bonds is 5. The van der Waals surface area contributed by atoms with E-state index >= 15 is 0 Å². The van der Waals surface area contributed by atoms with Gasteiger partial charge in [0.2, 0.25) is 0 Å². The molecule has 1 aliphatic heterocycles. The van der Waals surface area contributed by atoms with Crippen LogP contribution in [0.3, 0.4) is 0 Å². The Labute approximate surface area is 127 Å². The lowest BCUT2D eigenvalue weighted by atomic mass is 10.1. The van der Waals surface area contributed by atoms with Crippen LogP contribution in [0.2, 0.25) is 5.02 Å². The van der Waals surface area contributed by atoms with Gasteiger partial charge < -0.3 is 10.2 Å². The third-order valence-corrected chi connectivity index (χ3v) is 4.48. The minimum absolute atomic E-state index is 0.626. The van der Waals surface area contributed by atoms with Crippen molar-refractivity contribution in [1.29, 1.82) is 0 Å². The number of nitrogens with one attached hydrogen (secondary N) is 1. The van der Waals surface area contributed by atoms with E-state index in [1.807, 2.05) is 0 Å². The number of anilines is 1. The molecule has 0 aromatic heterocycles. The number of nitrogens with zero attached hydrogens (tertiary/aromatic N) is 2. The van der Waals surface area contributed by atoms with E-state index in [-0.39, 0.29) is 0 Å². The van der Waals surface area contributed by atoms with E-state index in [1.165, 1.54) is 17.7 Å². The summed E-state index contributed by atoms with van der Waals surface area (Å²) in [4.78, 5) is 4.87. The van der Waals surface area contributed by atoms with Crippen molar-refractivity contribution in [2.45, 2.75) is 32.9 Å². The SMILES string of the molecule is CCNCc1ccc(N2CCN(C)C(CC)C2)c(Cl)c1. The summed E-state index contributed by atoms with van der Waals surface area (Å²) in [5.74, 6) is 0. The van der Waals surface area contributed by atoms with Crippen molar-refractivity contribution in [3.63, 3.8) is 0 Å². The number of halogens is 1. The fourth-order valence-corrected chi connectivity index (χ4v) is 3.11. The number of hydrogen-bond donors (Lipinski definition) is 1. The highest BCUT2D eigenvalue weighted by Crippen LogP contribution is 2.29. The van der Waals surface area contributed by atoms with Crippen LogP contribution in [0.15, 0.2) is 18.2 Å². The van der Waals surface area contributed by atoms with E-state index in [0.29, 0.717) is 6.04 Å². The summed E-state index contributed by atoms with van der Waals surface area (Å²) in [5.41, 5.74) is 2.43. The summed E-state index contributed by atoms with van der Waals surface area (Å²) < 4.78 is 0. The molecule has 1 aromatic carbocycles. The molecule has 1 heterocycles. The molecular formula is C16H26ClN3. The Bertz CT molecular complexity index is 436. The standard InChI is InChI=1S/C16H26ClN3/c1-4-14-12-20(9-8-19(14)3)16-7-6-13(10-15(16)17)11-18-5-2/h6-7,10,14,18H,4-5,8-9,11-12H2,1-3H3. The molecule has 0 spiro atoms. The van der Waals surface area contributed by atoms with Crippen LogP contribution in [-0.2, 0) is 6.54 Å². The maximum atomic E-state index is 6.49. The molecule has 1 N–H and O–H groups in total. The molecule has 0 bridgehead atoms. The summed E-state index contributed by atoms with van der Waals surface area (Å²) >= 11 is 6.49. The monoisotopic (exact) mass is 295 g/mol. The Kier molecular flexibility index (Phi) is 5.70. The molecule has 0 aliphatic carbocycles.